The highest BCUT2D eigenvalue weighted by Crippen LogP contribution is 2.56. The van der Waals surface area contributed by atoms with Crippen LogP contribution in [0.1, 0.15) is 34.6 Å². The van der Waals surface area contributed by atoms with Gasteiger partial charge in [0.05, 0.1) is 12.0 Å². The van der Waals surface area contributed by atoms with E-state index in [-0.39, 0.29) is 17.9 Å². The second kappa shape index (κ2) is 6.85. The quantitative estimate of drug-likeness (QED) is 0.552. The molecule has 0 fully saturated rings. The van der Waals surface area contributed by atoms with Crippen LogP contribution in [0.5, 0.6) is 0 Å². The van der Waals surface area contributed by atoms with Crippen LogP contribution in [0.15, 0.2) is 4.40 Å². The molecule has 0 aromatic rings. The molecule has 1 N–H and O–H groups in total. The summed E-state index contributed by atoms with van der Waals surface area (Å²) in [6.45, 7) is 12.5. The van der Waals surface area contributed by atoms with E-state index in [1.165, 1.54) is 0 Å². The van der Waals surface area contributed by atoms with E-state index in [4.69, 9.17) is 10.7 Å². The van der Waals surface area contributed by atoms with Gasteiger partial charge in [-0.15, -0.1) is 0 Å². The van der Waals surface area contributed by atoms with Gasteiger partial charge in [0, 0.05) is 16.9 Å². The molecule has 0 aromatic carbocycles. The summed E-state index contributed by atoms with van der Waals surface area (Å²) in [5.74, 6) is 0. The maximum atomic E-state index is 13.2. The van der Waals surface area contributed by atoms with E-state index in [2.05, 4.69) is 4.40 Å². The summed E-state index contributed by atoms with van der Waals surface area (Å²) in [6, 6.07) is 0.0609. The fraction of sp³-hybridized carbons (Fsp3) is 0.846. The molecule has 0 saturated carbocycles. The lowest BCUT2D eigenvalue weighted by atomic mass is 10.3. The van der Waals surface area contributed by atoms with Gasteiger partial charge in [0.2, 0.25) is 0 Å². The molecule has 1 atom stereocenters. The first kappa shape index (κ1) is 20.0. The number of halogens is 2. The van der Waals surface area contributed by atoms with Crippen molar-refractivity contribution in [1.82, 2.24) is 0 Å². The zero-order valence-corrected chi connectivity index (χ0v) is 15.2. The van der Waals surface area contributed by atoms with Crippen molar-refractivity contribution in [2.45, 2.75) is 71.0 Å². The topological polar surface area (TPSA) is 41.8 Å². The minimum atomic E-state index is -2.97. The standard InChI is InChI=1S/C13H27F2NO2SSi/c1-10(2)18-20(7,8)9-11(12(14)15)16-19(6,17)13(3,4)5/h6,10,12,17H,9H2,1-5,7-8H3/b16-11+. The Morgan fingerprint density at radius 3 is 2.10 bits per heavy atom. The molecule has 0 aromatic heterocycles. The number of hydrogen-bond donors (Lipinski definition) is 1. The van der Waals surface area contributed by atoms with Crippen LogP contribution in [0.3, 0.4) is 0 Å². The van der Waals surface area contributed by atoms with Gasteiger partial charge in [0.15, 0.2) is 8.32 Å². The van der Waals surface area contributed by atoms with Gasteiger partial charge in [-0.2, -0.15) is 0 Å². The molecule has 20 heavy (non-hydrogen) atoms. The SMILES string of the molecule is [CH]S(O)(/N=C(\C[Si](C)(C)OC(C)C)C(F)F)C(C)(C)C. The van der Waals surface area contributed by atoms with Crippen molar-refractivity contribution in [2.24, 2.45) is 4.40 Å². The lowest BCUT2D eigenvalue weighted by Crippen LogP contribution is -2.37. The van der Waals surface area contributed by atoms with E-state index < -0.39 is 30.0 Å². The van der Waals surface area contributed by atoms with Crippen LogP contribution in [0.4, 0.5) is 8.78 Å². The van der Waals surface area contributed by atoms with Crippen LogP contribution in [0, 0.1) is 6.26 Å². The second-order valence-corrected chi connectivity index (χ2v) is 13.4. The van der Waals surface area contributed by atoms with Crippen LogP contribution < -0.4 is 0 Å². The molecule has 0 aliphatic rings. The molecule has 7 heteroatoms. The van der Waals surface area contributed by atoms with Crippen LogP contribution in [0.25, 0.3) is 0 Å². The first-order chi connectivity index (χ1) is 8.68. The predicted octanol–water partition coefficient (Wildman–Crippen LogP) is 4.98. The van der Waals surface area contributed by atoms with Crippen LogP contribution in [-0.2, 0) is 4.43 Å². The third kappa shape index (κ3) is 6.65. The maximum absolute atomic E-state index is 13.2. The lowest BCUT2D eigenvalue weighted by Gasteiger charge is -2.38. The monoisotopic (exact) mass is 327 g/mol. The molecule has 0 amide bonds. The van der Waals surface area contributed by atoms with E-state index in [1.54, 1.807) is 20.8 Å². The van der Waals surface area contributed by atoms with Gasteiger partial charge in [-0.1, -0.05) is 0 Å². The van der Waals surface area contributed by atoms with Crippen molar-refractivity contribution in [2.75, 3.05) is 0 Å². The van der Waals surface area contributed by atoms with E-state index in [9.17, 15) is 13.3 Å². The summed E-state index contributed by atoms with van der Waals surface area (Å²) < 4.78 is 45.3. The summed E-state index contributed by atoms with van der Waals surface area (Å²) in [7, 11) is -5.28. The van der Waals surface area contributed by atoms with E-state index in [1.807, 2.05) is 26.9 Å². The number of nitrogens with zero attached hydrogens (tertiary/aromatic N) is 1. The summed E-state index contributed by atoms with van der Waals surface area (Å²) >= 11 is 0. The Morgan fingerprint density at radius 2 is 1.80 bits per heavy atom. The molecular formula is C13H27F2NO2SSi. The van der Waals surface area contributed by atoms with Gasteiger partial charge in [0.25, 0.3) is 6.43 Å². The van der Waals surface area contributed by atoms with Crippen molar-refractivity contribution in [3.05, 3.63) is 6.26 Å². The molecule has 0 rings (SSSR count). The van der Waals surface area contributed by atoms with Gasteiger partial charge in [-0.25, -0.2) is 13.2 Å². The highest BCUT2D eigenvalue weighted by molar-refractivity contribution is 8.30. The number of alkyl halides is 2. The second-order valence-electron chi connectivity index (χ2n) is 6.69. The molecule has 0 heterocycles. The summed E-state index contributed by atoms with van der Waals surface area (Å²) in [4.78, 5) is 0. The first-order valence-corrected chi connectivity index (χ1v) is 11.3. The Hall–Kier alpha value is 0.0169. The maximum Gasteiger partial charge on any atom is 0.277 e. The van der Waals surface area contributed by atoms with Crippen LogP contribution in [-0.4, -0.2) is 35.9 Å². The number of hydrogen-bond acceptors (Lipinski definition) is 3. The first-order valence-electron chi connectivity index (χ1n) is 6.56. The highest BCUT2D eigenvalue weighted by Gasteiger charge is 2.35. The van der Waals surface area contributed by atoms with Crippen LogP contribution >= 0.6 is 10.5 Å². The molecule has 0 saturated heterocycles. The third-order valence-electron chi connectivity index (χ3n) is 2.57. The zero-order valence-electron chi connectivity index (χ0n) is 13.4. The third-order valence-corrected chi connectivity index (χ3v) is 7.21. The van der Waals surface area contributed by atoms with E-state index in [0.717, 1.165) is 0 Å². The summed E-state index contributed by atoms with van der Waals surface area (Å²) in [5.41, 5.74) is -0.350. The molecule has 0 aliphatic heterocycles. The molecule has 2 radical (unpaired) electrons. The Kier molecular flexibility index (Phi) is 6.86. The predicted molar refractivity (Wildman–Crippen MR) is 86.2 cm³/mol. The minimum absolute atomic E-state index is 0.0256. The minimum Gasteiger partial charge on any atom is -0.415 e. The average molecular weight is 328 g/mol. The van der Waals surface area contributed by atoms with E-state index >= 15 is 0 Å². The van der Waals surface area contributed by atoms with Gasteiger partial charge >= 0.3 is 0 Å². The fourth-order valence-corrected chi connectivity index (χ4v) is 4.94. The molecule has 3 nitrogen and oxygen atoms in total. The Bertz CT molecular complexity index is 353. The summed E-state index contributed by atoms with van der Waals surface area (Å²) in [5, 5.41) is 0. The molecule has 120 valence electrons. The highest BCUT2D eigenvalue weighted by atomic mass is 32.3. The Morgan fingerprint density at radius 1 is 1.35 bits per heavy atom. The van der Waals surface area contributed by atoms with Gasteiger partial charge in [-0.05, 0) is 58.2 Å². The molecular weight excluding hydrogens is 300 g/mol. The van der Waals surface area contributed by atoms with E-state index in [0.29, 0.717) is 0 Å². The van der Waals surface area contributed by atoms with Gasteiger partial charge < -0.3 is 8.98 Å². The van der Waals surface area contributed by atoms with Crippen molar-refractivity contribution >= 4 is 24.5 Å². The Labute approximate surface area is 124 Å². The van der Waals surface area contributed by atoms with Gasteiger partial charge in [-0.3, -0.25) is 0 Å². The van der Waals surface area contributed by atoms with Crippen molar-refractivity contribution in [3.63, 3.8) is 0 Å². The van der Waals surface area contributed by atoms with Gasteiger partial charge in [0.1, 0.15) is 0 Å². The zero-order chi connectivity index (χ0) is 16.4. The average Bonchev–Trinajstić information content (AvgIpc) is 2.10. The molecule has 0 spiro atoms. The number of rotatable bonds is 6. The van der Waals surface area contributed by atoms with Crippen molar-refractivity contribution in [1.29, 1.82) is 0 Å². The fourth-order valence-electron chi connectivity index (χ4n) is 1.58. The smallest absolute Gasteiger partial charge is 0.277 e. The molecule has 1 unspecified atom stereocenters. The van der Waals surface area contributed by atoms with Crippen molar-refractivity contribution in [3.8, 4) is 0 Å². The lowest BCUT2D eigenvalue weighted by molar-refractivity contribution is 0.218. The van der Waals surface area contributed by atoms with Crippen molar-refractivity contribution < 1.29 is 17.8 Å². The Balaban J connectivity index is 5.28. The normalized spacial score (nSPS) is 19.4. The summed E-state index contributed by atoms with van der Waals surface area (Å²) in [6.07, 6.45) is 2.99. The molecule has 0 aliphatic carbocycles. The largest absolute Gasteiger partial charge is 0.415 e. The molecule has 0 bridgehead atoms. The van der Waals surface area contributed by atoms with Crippen LogP contribution in [0.2, 0.25) is 19.1 Å².